The Morgan fingerprint density at radius 2 is 2.19 bits per heavy atom. The third-order valence-electron chi connectivity index (χ3n) is 3.53. The first kappa shape index (κ1) is 19.1. The Bertz CT molecular complexity index is 988. The fourth-order valence-corrected chi connectivity index (χ4v) is 3.09. The van der Waals surface area contributed by atoms with Crippen molar-refractivity contribution in [1.29, 1.82) is 0 Å². The smallest absolute Gasteiger partial charge is 0.248 e. The van der Waals surface area contributed by atoms with Gasteiger partial charge >= 0.3 is 0 Å². The first-order chi connectivity index (χ1) is 13.0. The molecule has 7 heteroatoms. The number of nitrogens with one attached hydrogen (secondary N) is 1. The van der Waals surface area contributed by atoms with Gasteiger partial charge in [-0.3, -0.25) is 4.79 Å². The van der Waals surface area contributed by atoms with Crippen LogP contribution in [-0.4, -0.2) is 10.9 Å². The van der Waals surface area contributed by atoms with Crippen LogP contribution in [0.15, 0.2) is 53.9 Å². The van der Waals surface area contributed by atoms with Gasteiger partial charge in [-0.15, -0.1) is 11.3 Å². The standard InChI is InChI=1S/C20H16ClFN2O2S/c1-13-23-16(12-27-13)11-26-17-4-2-3-14(9-17)5-8-20(25)24-19-7-6-15(22)10-18(19)21/h2-10,12H,11H2,1H3,(H,24,25)/b8-5+. The number of benzene rings is 2. The number of ether oxygens (including phenoxy) is 1. The van der Waals surface area contributed by atoms with Gasteiger partial charge in [0, 0.05) is 11.5 Å². The summed E-state index contributed by atoms with van der Waals surface area (Å²) in [6.07, 6.45) is 3.04. The number of carbonyl (C=O) groups is 1. The van der Waals surface area contributed by atoms with Crippen LogP contribution >= 0.6 is 22.9 Å². The van der Waals surface area contributed by atoms with Crippen LogP contribution in [0.4, 0.5) is 10.1 Å². The second-order valence-electron chi connectivity index (χ2n) is 5.67. The van der Waals surface area contributed by atoms with Crippen LogP contribution in [0.3, 0.4) is 0 Å². The van der Waals surface area contributed by atoms with Crippen molar-refractivity contribution in [2.45, 2.75) is 13.5 Å². The van der Waals surface area contributed by atoms with E-state index in [2.05, 4.69) is 10.3 Å². The molecule has 2 aromatic carbocycles. The van der Waals surface area contributed by atoms with Crippen molar-refractivity contribution in [3.8, 4) is 5.75 Å². The molecule has 0 aliphatic carbocycles. The number of thiazole rings is 1. The van der Waals surface area contributed by atoms with Gasteiger partial charge in [0.25, 0.3) is 0 Å². The predicted molar refractivity (Wildman–Crippen MR) is 107 cm³/mol. The van der Waals surface area contributed by atoms with E-state index in [1.165, 1.54) is 18.2 Å². The van der Waals surface area contributed by atoms with Crippen molar-refractivity contribution >= 4 is 40.6 Å². The van der Waals surface area contributed by atoms with Gasteiger partial charge in [0.05, 0.1) is 21.4 Å². The second-order valence-corrected chi connectivity index (χ2v) is 7.14. The van der Waals surface area contributed by atoms with Crippen molar-refractivity contribution in [3.05, 3.63) is 81.0 Å². The molecule has 1 aromatic heterocycles. The topological polar surface area (TPSA) is 51.2 Å². The lowest BCUT2D eigenvalue weighted by molar-refractivity contribution is -0.111. The summed E-state index contributed by atoms with van der Waals surface area (Å²) in [4.78, 5) is 16.4. The molecule has 0 saturated heterocycles. The molecule has 4 nitrogen and oxygen atoms in total. The number of hydrogen-bond donors (Lipinski definition) is 1. The van der Waals surface area contributed by atoms with E-state index >= 15 is 0 Å². The first-order valence-corrected chi connectivity index (χ1v) is 9.33. The summed E-state index contributed by atoms with van der Waals surface area (Å²) in [6.45, 7) is 2.34. The molecule has 3 aromatic rings. The third-order valence-corrected chi connectivity index (χ3v) is 4.66. The molecule has 1 N–H and O–H groups in total. The quantitative estimate of drug-likeness (QED) is 0.556. The first-order valence-electron chi connectivity index (χ1n) is 8.07. The third kappa shape index (κ3) is 5.64. The van der Waals surface area contributed by atoms with E-state index in [0.717, 1.165) is 22.3 Å². The molecule has 0 spiro atoms. The molecule has 1 amide bonds. The van der Waals surface area contributed by atoms with Gasteiger partial charge in [-0.25, -0.2) is 9.37 Å². The zero-order valence-corrected chi connectivity index (χ0v) is 16.0. The Morgan fingerprint density at radius 1 is 1.33 bits per heavy atom. The fraction of sp³-hybridized carbons (Fsp3) is 0.100. The Kier molecular flexibility index (Phi) is 6.21. The molecule has 1 heterocycles. The van der Waals surface area contributed by atoms with Crippen LogP contribution in [0, 0.1) is 12.7 Å². The Balaban J connectivity index is 1.60. The Morgan fingerprint density at radius 3 is 2.93 bits per heavy atom. The van der Waals surface area contributed by atoms with E-state index in [9.17, 15) is 9.18 Å². The molecule has 0 unspecified atom stereocenters. The van der Waals surface area contributed by atoms with E-state index in [1.807, 2.05) is 36.6 Å². The van der Waals surface area contributed by atoms with Crippen LogP contribution in [0.1, 0.15) is 16.3 Å². The molecule has 138 valence electrons. The summed E-state index contributed by atoms with van der Waals surface area (Å²) >= 11 is 7.48. The number of rotatable bonds is 6. The number of amides is 1. The summed E-state index contributed by atoms with van der Waals surface area (Å²) in [5.41, 5.74) is 2.04. The van der Waals surface area contributed by atoms with Crippen molar-refractivity contribution < 1.29 is 13.9 Å². The molecule has 27 heavy (non-hydrogen) atoms. The van der Waals surface area contributed by atoms with Crippen LogP contribution in [0.2, 0.25) is 5.02 Å². The van der Waals surface area contributed by atoms with Crippen LogP contribution < -0.4 is 10.1 Å². The number of carbonyl (C=O) groups excluding carboxylic acids is 1. The number of aryl methyl sites for hydroxylation is 1. The fourth-order valence-electron chi connectivity index (χ4n) is 2.28. The molecule has 0 saturated carbocycles. The molecule has 3 rings (SSSR count). The number of halogens is 2. The number of aromatic nitrogens is 1. The lowest BCUT2D eigenvalue weighted by Gasteiger charge is -2.06. The molecule has 0 aliphatic rings. The zero-order chi connectivity index (χ0) is 19.2. The number of anilines is 1. The van der Waals surface area contributed by atoms with Gasteiger partial charge in [-0.2, -0.15) is 0 Å². The highest BCUT2D eigenvalue weighted by atomic mass is 35.5. The van der Waals surface area contributed by atoms with Crippen molar-refractivity contribution in [2.24, 2.45) is 0 Å². The van der Waals surface area contributed by atoms with E-state index in [4.69, 9.17) is 16.3 Å². The Labute approximate surface area is 165 Å². The average Bonchev–Trinajstić information content (AvgIpc) is 3.06. The lowest BCUT2D eigenvalue weighted by Crippen LogP contribution is -2.08. The summed E-state index contributed by atoms with van der Waals surface area (Å²) in [5, 5.41) is 5.71. The highest BCUT2D eigenvalue weighted by Crippen LogP contribution is 2.22. The number of nitrogens with zero attached hydrogens (tertiary/aromatic N) is 1. The highest BCUT2D eigenvalue weighted by Gasteiger charge is 2.05. The van der Waals surface area contributed by atoms with Crippen molar-refractivity contribution in [2.75, 3.05) is 5.32 Å². The summed E-state index contributed by atoms with van der Waals surface area (Å²) in [6, 6.07) is 11.2. The molecule has 0 aliphatic heterocycles. The van der Waals surface area contributed by atoms with Crippen LogP contribution in [0.25, 0.3) is 6.08 Å². The van der Waals surface area contributed by atoms with Gasteiger partial charge in [0.15, 0.2) is 0 Å². The van der Waals surface area contributed by atoms with E-state index in [-0.39, 0.29) is 10.9 Å². The average molecular weight is 403 g/mol. The molecule has 0 bridgehead atoms. The SMILES string of the molecule is Cc1nc(COc2cccc(/C=C/C(=O)Nc3ccc(F)cc3Cl)c2)cs1. The lowest BCUT2D eigenvalue weighted by atomic mass is 10.2. The minimum Gasteiger partial charge on any atom is -0.487 e. The van der Waals surface area contributed by atoms with E-state index in [0.29, 0.717) is 18.0 Å². The van der Waals surface area contributed by atoms with Gasteiger partial charge in [-0.05, 0) is 48.9 Å². The van der Waals surface area contributed by atoms with Gasteiger partial charge in [0.2, 0.25) is 5.91 Å². The second kappa shape index (κ2) is 8.79. The molecule has 0 fully saturated rings. The molecular weight excluding hydrogens is 387 g/mol. The van der Waals surface area contributed by atoms with Gasteiger partial charge < -0.3 is 10.1 Å². The summed E-state index contributed by atoms with van der Waals surface area (Å²) < 4.78 is 18.8. The molecular formula is C20H16ClFN2O2S. The minimum atomic E-state index is -0.460. The minimum absolute atomic E-state index is 0.143. The van der Waals surface area contributed by atoms with E-state index in [1.54, 1.807) is 17.4 Å². The predicted octanol–water partition coefficient (Wildman–Crippen LogP) is 5.47. The monoisotopic (exact) mass is 402 g/mol. The van der Waals surface area contributed by atoms with Gasteiger partial charge in [0.1, 0.15) is 18.2 Å². The molecule has 0 radical (unpaired) electrons. The highest BCUT2D eigenvalue weighted by molar-refractivity contribution is 7.09. The molecule has 0 atom stereocenters. The van der Waals surface area contributed by atoms with Crippen molar-refractivity contribution in [1.82, 2.24) is 4.98 Å². The number of hydrogen-bond acceptors (Lipinski definition) is 4. The van der Waals surface area contributed by atoms with E-state index < -0.39 is 5.82 Å². The largest absolute Gasteiger partial charge is 0.487 e. The van der Waals surface area contributed by atoms with Crippen molar-refractivity contribution in [3.63, 3.8) is 0 Å². The zero-order valence-electron chi connectivity index (χ0n) is 14.4. The van der Waals surface area contributed by atoms with Gasteiger partial charge in [-0.1, -0.05) is 23.7 Å². The normalized spacial score (nSPS) is 10.9. The van der Waals surface area contributed by atoms with Crippen LogP contribution in [0.5, 0.6) is 5.75 Å². The maximum atomic E-state index is 13.0. The summed E-state index contributed by atoms with van der Waals surface area (Å²) in [7, 11) is 0. The van der Waals surface area contributed by atoms with Crippen LogP contribution in [-0.2, 0) is 11.4 Å². The maximum Gasteiger partial charge on any atom is 0.248 e. The maximum absolute atomic E-state index is 13.0. The Hall–Kier alpha value is -2.70. The summed E-state index contributed by atoms with van der Waals surface area (Å²) in [5.74, 6) is -0.143.